The van der Waals surface area contributed by atoms with Gasteiger partial charge in [0.25, 0.3) is 0 Å². The molecular weight excluding hydrogens is 274 g/mol. The zero-order chi connectivity index (χ0) is 14.6. The van der Waals surface area contributed by atoms with Crippen LogP contribution in [0.1, 0.15) is 17.3 Å². The van der Waals surface area contributed by atoms with E-state index in [9.17, 15) is 14.4 Å². The third kappa shape index (κ3) is 3.69. The molecule has 1 atom stereocenters. The number of carbonyl (C=O) groups is 3. The molecule has 0 aliphatic heterocycles. The number of hydrogen-bond donors (Lipinski definition) is 2. The molecule has 1 aromatic carbocycles. The van der Waals surface area contributed by atoms with E-state index in [2.05, 4.69) is 10.1 Å². The molecule has 1 amide bonds. The van der Waals surface area contributed by atoms with Crippen molar-refractivity contribution in [3.8, 4) is 0 Å². The summed E-state index contributed by atoms with van der Waals surface area (Å²) in [5, 5.41) is 11.4. The average Bonchev–Trinajstić information content (AvgIpc) is 2.36. The van der Waals surface area contributed by atoms with E-state index in [4.69, 9.17) is 16.7 Å². The lowest BCUT2D eigenvalue weighted by Crippen LogP contribution is -2.27. The second-order valence-electron chi connectivity index (χ2n) is 3.73. The van der Waals surface area contributed by atoms with Crippen LogP contribution in [0.5, 0.6) is 0 Å². The lowest BCUT2D eigenvalue weighted by molar-refractivity contribution is -0.144. The minimum atomic E-state index is -1.26. The minimum Gasteiger partial charge on any atom is -0.481 e. The molecule has 0 aromatic heterocycles. The fraction of sp³-hybridized carbons (Fsp3) is 0.250. The molecular formula is C12H12ClNO5. The van der Waals surface area contributed by atoms with Gasteiger partial charge in [0.15, 0.2) is 0 Å². The molecule has 19 heavy (non-hydrogen) atoms. The number of carboxylic acids is 1. The Balaban J connectivity index is 3.05. The fourth-order valence-electron chi connectivity index (χ4n) is 1.26. The first kappa shape index (κ1) is 15.0. The Kier molecular flexibility index (Phi) is 4.88. The number of amides is 1. The van der Waals surface area contributed by atoms with Crippen molar-refractivity contribution in [3.05, 3.63) is 28.8 Å². The summed E-state index contributed by atoms with van der Waals surface area (Å²) in [6.07, 6.45) is 0. The van der Waals surface area contributed by atoms with Crippen molar-refractivity contribution in [3.63, 3.8) is 0 Å². The molecule has 0 saturated carbocycles. The molecule has 0 spiro atoms. The summed E-state index contributed by atoms with van der Waals surface area (Å²) in [5.41, 5.74) is 0.204. The Morgan fingerprint density at radius 1 is 1.37 bits per heavy atom. The maximum absolute atomic E-state index is 11.6. The maximum Gasteiger partial charge on any atom is 0.339 e. The molecule has 0 saturated heterocycles. The van der Waals surface area contributed by atoms with Gasteiger partial charge in [-0.1, -0.05) is 11.6 Å². The third-order valence-corrected chi connectivity index (χ3v) is 2.64. The number of anilines is 1. The van der Waals surface area contributed by atoms with Gasteiger partial charge < -0.3 is 15.2 Å². The Labute approximate surface area is 114 Å². The first-order valence-corrected chi connectivity index (χ1v) is 5.66. The van der Waals surface area contributed by atoms with E-state index in [1.807, 2.05) is 0 Å². The van der Waals surface area contributed by atoms with Crippen molar-refractivity contribution in [1.82, 2.24) is 0 Å². The largest absolute Gasteiger partial charge is 0.481 e. The van der Waals surface area contributed by atoms with Gasteiger partial charge in [0.05, 0.1) is 18.4 Å². The summed E-state index contributed by atoms with van der Waals surface area (Å²) < 4.78 is 4.56. The van der Waals surface area contributed by atoms with Crippen LogP contribution in [0.15, 0.2) is 18.2 Å². The van der Waals surface area contributed by atoms with Crippen LogP contribution < -0.4 is 5.32 Å². The number of halogens is 1. The first-order chi connectivity index (χ1) is 8.86. The number of hydrogen-bond acceptors (Lipinski definition) is 4. The van der Waals surface area contributed by atoms with E-state index in [1.165, 1.54) is 32.2 Å². The number of rotatable bonds is 4. The van der Waals surface area contributed by atoms with Gasteiger partial charge in [-0.15, -0.1) is 0 Å². The van der Waals surface area contributed by atoms with Gasteiger partial charge in [0.1, 0.15) is 5.92 Å². The molecule has 6 nitrogen and oxygen atoms in total. The predicted molar refractivity (Wildman–Crippen MR) is 68.2 cm³/mol. The van der Waals surface area contributed by atoms with Gasteiger partial charge in [-0.05, 0) is 25.1 Å². The van der Waals surface area contributed by atoms with Crippen molar-refractivity contribution in [2.24, 2.45) is 5.92 Å². The van der Waals surface area contributed by atoms with Crippen molar-refractivity contribution in [1.29, 1.82) is 0 Å². The van der Waals surface area contributed by atoms with Gasteiger partial charge >= 0.3 is 11.9 Å². The minimum absolute atomic E-state index is 0.0952. The van der Waals surface area contributed by atoms with Gasteiger partial charge in [-0.2, -0.15) is 0 Å². The molecule has 0 bridgehead atoms. The zero-order valence-corrected chi connectivity index (χ0v) is 11.0. The summed E-state index contributed by atoms with van der Waals surface area (Å²) in [6.45, 7) is 1.24. The van der Waals surface area contributed by atoms with Crippen molar-refractivity contribution in [2.75, 3.05) is 12.4 Å². The number of nitrogens with one attached hydrogen (secondary N) is 1. The maximum atomic E-state index is 11.6. The van der Waals surface area contributed by atoms with Crippen LogP contribution in [0.25, 0.3) is 0 Å². The Hall–Kier alpha value is -2.08. The highest BCUT2D eigenvalue weighted by Crippen LogP contribution is 2.22. The SMILES string of the molecule is COC(=O)c1ccc(Cl)cc1NC(=O)C(C)C(=O)O. The standard InChI is InChI=1S/C12H12ClNO5/c1-6(11(16)17)10(15)14-9-5-7(13)3-4-8(9)12(18)19-2/h3-6H,1-2H3,(H,14,15)(H,16,17). The monoisotopic (exact) mass is 285 g/mol. The fourth-order valence-corrected chi connectivity index (χ4v) is 1.43. The van der Waals surface area contributed by atoms with Gasteiger partial charge in [-0.3, -0.25) is 9.59 Å². The predicted octanol–water partition coefficient (Wildman–Crippen LogP) is 1.79. The molecule has 0 aliphatic rings. The summed E-state index contributed by atoms with van der Waals surface area (Å²) in [4.78, 5) is 33.8. The Bertz CT molecular complexity index is 529. The average molecular weight is 286 g/mol. The van der Waals surface area contributed by atoms with E-state index in [-0.39, 0.29) is 11.3 Å². The highest BCUT2D eigenvalue weighted by molar-refractivity contribution is 6.31. The number of carbonyl (C=O) groups excluding carboxylic acids is 2. The second kappa shape index (κ2) is 6.19. The molecule has 0 heterocycles. The molecule has 0 radical (unpaired) electrons. The molecule has 1 unspecified atom stereocenters. The van der Waals surface area contributed by atoms with Gasteiger partial charge in [-0.25, -0.2) is 4.79 Å². The van der Waals surface area contributed by atoms with E-state index >= 15 is 0 Å². The normalized spacial score (nSPS) is 11.5. The van der Waals surface area contributed by atoms with Crippen molar-refractivity contribution >= 4 is 35.1 Å². The highest BCUT2D eigenvalue weighted by Gasteiger charge is 2.22. The summed E-state index contributed by atoms with van der Waals surface area (Å²) >= 11 is 5.77. The number of ether oxygens (including phenoxy) is 1. The Morgan fingerprint density at radius 3 is 2.53 bits per heavy atom. The lowest BCUT2D eigenvalue weighted by Gasteiger charge is -2.12. The summed E-state index contributed by atoms with van der Waals surface area (Å²) in [5.74, 6) is -3.92. The molecule has 102 valence electrons. The number of benzene rings is 1. The van der Waals surface area contributed by atoms with Crippen LogP contribution in [0, 0.1) is 5.92 Å². The Morgan fingerprint density at radius 2 is 2.00 bits per heavy atom. The van der Waals surface area contributed by atoms with E-state index in [0.717, 1.165) is 0 Å². The molecule has 1 aromatic rings. The quantitative estimate of drug-likeness (QED) is 0.650. The van der Waals surface area contributed by atoms with E-state index < -0.39 is 23.8 Å². The zero-order valence-electron chi connectivity index (χ0n) is 10.3. The van der Waals surface area contributed by atoms with Crippen LogP contribution in [0.2, 0.25) is 5.02 Å². The highest BCUT2D eigenvalue weighted by atomic mass is 35.5. The van der Waals surface area contributed by atoms with Crippen molar-refractivity contribution in [2.45, 2.75) is 6.92 Å². The molecule has 7 heteroatoms. The van der Waals surface area contributed by atoms with Gasteiger partial charge in [0.2, 0.25) is 5.91 Å². The molecule has 2 N–H and O–H groups in total. The molecule has 0 fully saturated rings. The topological polar surface area (TPSA) is 92.7 Å². The van der Waals surface area contributed by atoms with E-state index in [0.29, 0.717) is 5.02 Å². The second-order valence-corrected chi connectivity index (χ2v) is 4.17. The van der Waals surface area contributed by atoms with Crippen LogP contribution in [0.3, 0.4) is 0 Å². The van der Waals surface area contributed by atoms with Crippen molar-refractivity contribution < 1.29 is 24.2 Å². The first-order valence-electron chi connectivity index (χ1n) is 5.28. The summed E-state index contributed by atoms with van der Waals surface area (Å²) in [7, 11) is 1.20. The number of methoxy groups -OCH3 is 1. The van der Waals surface area contributed by atoms with Crippen LogP contribution in [-0.2, 0) is 14.3 Å². The van der Waals surface area contributed by atoms with Crippen LogP contribution in [0.4, 0.5) is 5.69 Å². The number of aliphatic carboxylic acids is 1. The van der Waals surface area contributed by atoms with Crippen LogP contribution >= 0.6 is 11.6 Å². The van der Waals surface area contributed by atoms with E-state index in [1.54, 1.807) is 0 Å². The van der Waals surface area contributed by atoms with Crippen LogP contribution in [-0.4, -0.2) is 30.1 Å². The number of carboxylic acid groups (broad SMARTS) is 1. The lowest BCUT2D eigenvalue weighted by atomic mass is 10.1. The smallest absolute Gasteiger partial charge is 0.339 e. The third-order valence-electron chi connectivity index (χ3n) is 2.41. The number of esters is 1. The molecule has 0 aliphatic carbocycles. The summed E-state index contributed by atoms with van der Waals surface area (Å²) in [6, 6.07) is 4.19. The molecule has 1 rings (SSSR count). The van der Waals surface area contributed by atoms with Gasteiger partial charge in [0, 0.05) is 5.02 Å².